The van der Waals surface area contributed by atoms with Crippen molar-refractivity contribution in [1.82, 2.24) is 9.21 Å². The molecule has 1 N–H and O–H groups in total. The van der Waals surface area contributed by atoms with Crippen molar-refractivity contribution in [2.75, 3.05) is 49.5 Å². The summed E-state index contributed by atoms with van der Waals surface area (Å²) in [7, 11) is -3.62. The second-order valence-electron chi connectivity index (χ2n) is 8.84. The number of hydrogen-bond acceptors (Lipinski definition) is 5. The quantitative estimate of drug-likeness (QED) is 0.618. The summed E-state index contributed by atoms with van der Waals surface area (Å²) >= 11 is 0. The van der Waals surface area contributed by atoms with E-state index in [0.29, 0.717) is 31.7 Å². The minimum Gasteiger partial charge on any atom is -0.370 e. The third kappa shape index (κ3) is 6.47. The molecular weight excluding hydrogens is 440 g/mol. The van der Waals surface area contributed by atoms with Gasteiger partial charge < -0.3 is 15.1 Å². The van der Waals surface area contributed by atoms with Gasteiger partial charge in [-0.3, -0.25) is 9.59 Å². The first-order chi connectivity index (χ1) is 15.9. The molecule has 0 saturated carbocycles. The van der Waals surface area contributed by atoms with E-state index in [0.717, 1.165) is 63.7 Å². The average molecular weight is 479 g/mol. The summed E-state index contributed by atoms with van der Waals surface area (Å²) in [4.78, 5) is 29.3. The number of rotatable bonds is 8. The molecule has 1 aromatic carbocycles. The maximum atomic E-state index is 13.2. The highest BCUT2D eigenvalue weighted by Gasteiger charge is 2.27. The lowest BCUT2D eigenvalue weighted by Gasteiger charge is -2.28. The fourth-order valence-electron chi connectivity index (χ4n) is 4.62. The molecule has 2 aliphatic rings. The first-order valence-electron chi connectivity index (χ1n) is 12.3. The van der Waals surface area contributed by atoms with Crippen LogP contribution in [-0.4, -0.2) is 68.7 Å². The Morgan fingerprint density at radius 2 is 1.61 bits per heavy atom. The number of sulfonamides is 1. The highest BCUT2D eigenvalue weighted by Crippen LogP contribution is 2.31. The number of benzene rings is 1. The van der Waals surface area contributed by atoms with Crippen molar-refractivity contribution in [2.24, 2.45) is 0 Å². The van der Waals surface area contributed by atoms with Gasteiger partial charge in [-0.05, 0) is 57.7 Å². The Morgan fingerprint density at radius 1 is 0.970 bits per heavy atom. The van der Waals surface area contributed by atoms with E-state index in [4.69, 9.17) is 0 Å². The topological polar surface area (TPSA) is 90.0 Å². The van der Waals surface area contributed by atoms with Crippen LogP contribution in [0.3, 0.4) is 0 Å². The van der Waals surface area contributed by atoms with Gasteiger partial charge in [0.05, 0.1) is 22.8 Å². The summed E-state index contributed by atoms with van der Waals surface area (Å²) in [6.07, 6.45) is 7.12. The van der Waals surface area contributed by atoms with E-state index in [1.165, 1.54) is 4.31 Å². The van der Waals surface area contributed by atoms with Crippen LogP contribution < -0.4 is 10.2 Å². The molecule has 2 saturated heterocycles. The summed E-state index contributed by atoms with van der Waals surface area (Å²) in [5, 5.41) is 2.92. The first-order valence-corrected chi connectivity index (χ1v) is 13.8. The maximum Gasteiger partial charge on any atom is 0.244 e. The van der Waals surface area contributed by atoms with E-state index in [-0.39, 0.29) is 23.3 Å². The van der Waals surface area contributed by atoms with Crippen LogP contribution in [0.1, 0.15) is 65.2 Å². The fraction of sp³-hybridized carbons (Fsp3) is 0.667. The highest BCUT2D eigenvalue weighted by atomic mass is 32.2. The van der Waals surface area contributed by atoms with E-state index in [2.05, 4.69) is 10.2 Å². The van der Waals surface area contributed by atoms with E-state index in [1.807, 2.05) is 13.8 Å². The molecule has 2 amide bonds. The van der Waals surface area contributed by atoms with Crippen LogP contribution in [0.5, 0.6) is 0 Å². The number of anilines is 2. The SMILES string of the molecule is CCN(CC)c1ccc(S(=O)(=O)N2CCCCC2)cc1NC(=O)CN1CCCCCCC1=O. The van der Waals surface area contributed by atoms with Gasteiger partial charge in [0.2, 0.25) is 21.8 Å². The highest BCUT2D eigenvalue weighted by molar-refractivity contribution is 7.89. The molecule has 0 aliphatic carbocycles. The Kier molecular flexibility index (Phi) is 9.14. The number of carbonyl (C=O) groups is 2. The first kappa shape index (κ1) is 25.5. The molecule has 0 spiro atoms. The lowest BCUT2D eigenvalue weighted by Crippen LogP contribution is -2.39. The van der Waals surface area contributed by atoms with Crippen LogP contribution in [0.15, 0.2) is 23.1 Å². The summed E-state index contributed by atoms with van der Waals surface area (Å²) in [5.74, 6) is -0.292. The lowest BCUT2D eigenvalue weighted by molar-refractivity contribution is -0.135. The van der Waals surface area contributed by atoms with Gasteiger partial charge in [-0.2, -0.15) is 4.31 Å². The number of nitrogens with zero attached hydrogens (tertiary/aromatic N) is 3. The Bertz CT molecular complexity index is 924. The van der Waals surface area contributed by atoms with Gasteiger partial charge >= 0.3 is 0 Å². The molecule has 0 atom stereocenters. The van der Waals surface area contributed by atoms with E-state index in [1.54, 1.807) is 23.1 Å². The summed E-state index contributed by atoms with van der Waals surface area (Å²) in [6.45, 7) is 7.11. The maximum absolute atomic E-state index is 13.2. The molecule has 0 unspecified atom stereocenters. The molecule has 3 rings (SSSR count). The minimum atomic E-state index is -3.62. The van der Waals surface area contributed by atoms with Crippen LogP contribution in [0.4, 0.5) is 11.4 Å². The van der Waals surface area contributed by atoms with Gasteiger partial charge in [-0.15, -0.1) is 0 Å². The van der Waals surface area contributed by atoms with Gasteiger partial charge in [-0.25, -0.2) is 8.42 Å². The Balaban J connectivity index is 1.84. The zero-order valence-electron chi connectivity index (χ0n) is 20.0. The number of likely N-dealkylation sites (tertiary alicyclic amines) is 1. The summed E-state index contributed by atoms with van der Waals surface area (Å²) < 4.78 is 28.0. The molecule has 0 bridgehead atoms. The zero-order valence-corrected chi connectivity index (χ0v) is 20.8. The number of hydrogen-bond donors (Lipinski definition) is 1. The minimum absolute atomic E-state index is 0.00948. The fourth-order valence-corrected chi connectivity index (χ4v) is 6.16. The van der Waals surface area contributed by atoms with Crippen molar-refractivity contribution < 1.29 is 18.0 Å². The standard InChI is InChI=1S/C24H38N4O4S/c1-3-26(4-2)22-14-13-20(33(31,32)28-16-10-7-11-17-28)18-21(22)25-23(29)19-27-15-9-6-5-8-12-24(27)30/h13-14,18H,3-12,15-17,19H2,1-2H3,(H,25,29). The molecule has 33 heavy (non-hydrogen) atoms. The van der Waals surface area contributed by atoms with Gasteiger partial charge in [0.15, 0.2) is 0 Å². The zero-order chi connectivity index (χ0) is 23.8. The van der Waals surface area contributed by atoms with Crippen LogP contribution in [0, 0.1) is 0 Å². The van der Waals surface area contributed by atoms with Crippen LogP contribution >= 0.6 is 0 Å². The van der Waals surface area contributed by atoms with Crippen molar-refractivity contribution in [3.63, 3.8) is 0 Å². The van der Waals surface area contributed by atoms with E-state index in [9.17, 15) is 18.0 Å². The van der Waals surface area contributed by atoms with Crippen LogP contribution in [-0.2, 0) is 19.6 Å². The van der Waals surface area contributed by atoms with Crippen LogP contribution in [0.2, 0.25) is 0 Å². The third-order valence-electron chi connectivity index (χ3n) is 6.55. The summed E-state index contributed by atoms with van der Waals surface area (Å²) in [6, 6.07) is 4.99. The molecule has 2 aliphatic heterocycles. The number of amides is 2. The summed E-state index contributed by atoms with van der Waals surface area (Å²) in [5.41, 5.74) is 1.26. The van der Waals surface area contributed by atoms with Crippen LogP contribution in [0.25, 0.3) is 0 Å². The number of nitrogens with one attached hydrogen (secondary N) is 1. The third-order valence-corrected chi connectivity index (χ3v) is 8.45. The molecular formula is C24H38N4O4S. The number of carbonyl (C=O) groups excluding carboxylic acids is 2. The molecule has 9 heteroatoms. The van der Waals surface area contributed by atoms with Crippen molar-refractivity contribution in [3.05, 3.63) is 18.2 Å². The van der Waals surface area contributed by atoms with Gasteiger partial charge in [-0.1, -0.05) is 19.3 Å². The van der Waals surface area contributed by atoms with E-state index >= 15 is 0 Å². The molecule has 2 fully saturated rings. The lowest BCUT2D eigenvalue weighted by atomic mass is 10.1. The van der Waals surface area contributed by atoms with Crippen molar-refractivity contribution in [1.29, 1.82) is 0 Å². The predicted molar refractivity (Wildman–Crippen MR) is 131 cm³/mol. The smallest absolute Gasteiger partial charge is 0.244 e. The Labute approximate surface area is 198 Å². The van der Waals surface area contributed by atoms with Gasteiger partial charge in [0, 0.05) is 39.1 Å². The molecule has 0 aromatic heterocycles. The Morgan fingerprint density at radius 3 is 2.30 bits per heavy atom. The van der Waals surface area contributed by atoms with Crippen molar-refractivity contribution in [3.8, 4) is 0 Å². The monoisotopic (exact) mass is 478 g/mol. The molecule has 8 nitrogen and oxygen atoms in total. The van der Waals surface area contributed by atoms with Crippen molar-refractivity contribution >= 4 is 33.2 Å². The molecule has 2 heterocycles. The number of piperidine rings is 1. The second-order valence-corrected chi connectivity index (χ2v) is 10.8. The molecule has 184 valence electrons. The van der Waals surface area contributed by atoms with E-state index < -0.39 is 10.0 Å². The normalized spacial score (nSPS) is 18.5. The largest absolute Gasteiger partial charge is 0.370 e. The van der Waals surface area contributed by atoms with Gasteiger partial charge in [0.1, 0.15) is 0 Å². The average Bonchev–Trinajstić information content (AvgIpc) is 2.81. The molecule has 0 radical (unpaired) electrons. The van der Waals surface area contributed by atoms with Crippen molar-refractivity contribution in [2.45, 2.75) is 70.1 Å². The van der Waals surface area contributed by atoms with Gasteiger partial charge in [0.25, 0.3) is 0 Å². The Hall–Kier alpha value is -2.13. The second kappa shape index (κ2) is 11.8. The molecule has 1 aromatic rings. The predicted octanol–water partition coefficient (Wildman–Crippen LogP) is 3.44.